The van der Waals surface area contributed by atoms with Crippen molar-refractivity contribution in [1.29, 1.82) is 0 Å². The predicted octanol–water partition coefficient (Wildman–Crippen LogP) is 3.12. The first-order valence-electron chi connectivity index (χ1n) is 7.81. The molecule has 0 atom stereocenters. The van der Waals surface area contributed by atoms with Crippen molar-refractivity contribution in [2.24, 2.45) is 0 Å². The lowest BCUT2D eigenvalue weighted by Gasteiger charge is -2.25. The van der Waals surface area contributed by atoms with Gasteiger partial charge >= 0.3 is 6.03 Å². The van der Waals surface area contributed by atoms with Gasteiger partial charge in [0.1, 0.15) is 5.82 Å². The summed E-state index contributed by atoms with van der Waals surface area (Å²) in [6.07, 6.45) is 3.41. The van der Waals surface area contributed by atoms with Crippen LogP contribution in [0.2, 0.25) is 0 Å². The third kappa shape index (κ3) is 5.31. The van der Waals surface area contributed by atoms with Gasteiger partial charge in [-0.1, -0.05) is 12.1 Å². The molecule has 1 aromatic heterocycles. The second-order valence-corrected chi connectivity index (χ2v) is 6.00. The third-order valence-electron chi connectivity index (χ3n) is 3.57. The number of amides is 2. The maximum atomic E-state index is 14.0. The molecule has 2 amide bonds. The van der Waals surface area contributed by atoms with Gasteiger partial charge in [0.15, 0.2) is 0 Å². The predicted molar refractivity (Wildman–Crippen MR) is 93.4 cm³/mol. The molecule has 6 heteroatoms. The first-order valence-corrected chi connectivity index (χ1v) is 7.81. The van der Waals surface area contributed by atoms with Gasteiger partial charge in [-0.15, -0.1) is 0 Å². The summed E-state index contributed by atoms with van der Waals surface area (Å²) in [5.41, 5.74) is 1.92. The van der Waals surface area contributed by atoms with Crippen LogP contribution in [0.25, 0.3) is 0 Å². The zero-order valence-electron chi connectivity index (χ0n) is 14.3. The second kappa shape index (κ2) is 8.40. The highest BCUT2D eigenvalue weighted by molar-refractivity contribution is 5.89. The van der Waals surface area contributed by atoms with Gasteiger partial charge in [0.05, 0.1) is 5.69 Å². The van der Waals surface area contributed by atoms with E-state index in [0.717, 1.165) is 11.1 Å². The van der Waals surface area contributed by atoms with Gasteiger partial charge in [-0.3, -0.25) is 4.98 Å². The number of hydrogen-bond acceptors (Lipinski definition) is 3. The van der Waals surface area contributed by atoms with E-state index in [1.54, 1.807) is 36.4 Å². The number of nitrogens with one attached hydrogen (secondary N) is 1. The molecule has 1 N–H and O–H groups in total. The molecule has 0 aliphatic heterocycles. The van der Waals surface area contributed by atoms with Crippen LogP contribution in [0.1, 0.15) is 11.1 Å². The van der Waals surface area contributed by atoms with E-state index in [4.69, 9.17) is 0 Å². The molecule has 24 heavy (non-hydrogen) atoms. The molecule has 2 rings (SSSR count). The van der Waals surface area contributed by atoms with Crippen LogP contribution in [0.15, 0.2) is 42.7 Å². The summed E-state index contributed by atoms with van der Waals surface area (Å²) >= 11 is 0. The lowest BCUT2D eigenvalue weighted by atomic mass is 10.2. The van der Waals surface area contributed by atoms with E-state index in [0.29, 0.717) is 19.6 Å². The summed E-state index contributed by atoms with van der Waals surface area (Å²) in [5, 5.41) is 2.65. The molecule has 0 radical (unpaired) electrons. The van der Waals surface area contributed by atoms with Crippen LogP contribution in [-0.4, -0.2) is 48.0 Å². The average Bonchev–Trinajstić information content (AvgIpc) is 2.54. The van der Waals surface area contributed by atoms with E-state index in [1.165, 1.54) is 6.07 Å². The average molecular weight is 330 g/mol. The van der Waals surface area contributed by atoms with Crippen LogP contribution >= 0.6 is 0 Å². The molecule has 0 aliphatic rings. The molecule has 0 bridgehead atoms. The van der Waals surface area contributed by atoms with Crippen LogP contribution in [0.5, 0.6) is 0 Å². The molecule has 0 spiro atoms. The Bertz CT molecular complexity index is 676. The summed E-state index contributed by atoms with van der Waals surface area (Å²) in [5.74, 6) is -0.433. The van der Waals surface area contributed by atoms with E-state index in [1.807, 2.05) is 31.1 Å². The Balaban J connectivity index is 2.10. The lowest BCUT2D eigenvalue weighted by molar-refractivity contribution is 0.202. The second-order valence-electron chi connectivity index (χ2n) is 6.00. The van der Waals surface area contributed by atoms with E-state index < -0.39 is 5.82 Å². The van der Waals surface area contributed by atoms with Crippen LogP contribution < -0.4 is 5.32 Å². The van der Waals surface area contributed by atoms with Crippen LogP contribution in [0.3, 0.4) is 0 Å². The molecule has 5 nitrogen and oxygen atoms in total. The van der Waals surface area contributed by atoms with Crippen molar-refractivity contribution >= 4 is 11.7 Å². The molecule has 0 aliphatic carbocycles. The van der Waals surface area contributed by atoms with Crippen LogP contribution in [0.4, 0.5) is 14.9 Å². The molecule has 0 fully saturated rings. The maximum absolute atomic E-state index is 14.0. The summed E-state index contributed by atoms with van der Waals surface area (Å²) in [4.78, 5) is 20.3. The molecule has 0 saturated carbocycles. The third-order valence-corrected chi connectivity index (χ3v) is 3.57. The molecule has 0 saturated heterocycles. The number of aryl methyl sites for hydroxylation is 1. The lowest BCUT2D eigenvalue weighted by Crippen LogP contribution is -2.39. The van der Waals surface area contributed by atoms with Gasteiger partial charge in [-0.25, -0.2) is 9.18 Å². The zero-order chi connectivity index (χ0) is 17.5. The standard InChI is InChI=1S/C18H23FN4O/c1-14-6-7-17(16(19)11-14)21-18(24)23(10-9-22(2)3)13-15-5-4-8-20-12-15/h4-8,11-12H,9-10,13H2,1-3H3,(H,21,24). The molecule has 0 unspecified atom stereocenters. The van der Waals surface area contributed by atoms with Crippen LogP contribution in [0, 0.1) is 12.7 Å². The number of urea groups is 1. The number of pyridine rings is 1. The van der Waals surface area contributed by atoms with E-state index >= 15 is 0 Å². The van der Waals surface area contributed by atoms with Crippen molar-refractivity contribution in [3.8, 4) is 0 Å². The van der Waals surface area contributed by atoms with Gasteiger partial charge in [0.2, 0.25) is 0 Å². The summed E-state index contributed by atoms with van der Waals surface area (Å²) < 4.78 is 14.0. The fraction of sp³-hybridized carbons (Fsp3) is 0.333. The number of benzene rings is 1. The Labute approximate surface area is 142 Å². The minimum Gasteiger partial charge on any atom is -0.319 e. The number of anilines is 1. The molecular weight excluding hydrogens is 307 g/mol. The molecule has 128 valence electrons. The molecular formula is C18H23FN4O. The highest BCUT2D eigenvalue weighted by Gasteiger charge is 2.16. The Morgan fingerprint density at radius 3 is 2.67 bits per heavy atom. The van der Waals surface area contributed by atoms with Gasteiger partial charge in [-0.2, -0.15) is 0 Å². The molecule has 1 aromatic carbocycles. The van der Waals surface area contributed by atoms with Crippen molar-refractivity contribution in [1.82, 2.24) is 14.8 Å². The Kier molecular flexibility index (Phi) is 6.26. The largest absolute Gasteiger partial charge is 0.322 e. The Hall–Kier alpha value is -2.47. The topological polar surface area (TPSA) is 48.5 Å². The van der Waals surface area contributed by atoms with Gasteiger partial charge in [0, 0.05) is 32.0 Å². The SMILES string of the molecule is Cc1ccc(NC(=O)N(CCN(C)C)Cc2cccnc2)c(F)c1. The fourth-order valence-electron chi connectivity index (χ4n) is 2.20. The van der Waals surface area contributed by atoms with Crippen molar-refractivity contribution in [2.75, 3.05) is 32.5 Å². The number of hydrogen-bond donors (Lipinski definition) is 1. The summed E-state index contributed by atoms with van der Waals surface area (Å²) in [6.45, 7) is 3.47. The zero-order valence-corrected chi connectivity index (χ0v) is 14.3. The number of aromatic nitrogens is 1. The van der Waals surface area contributed by atoms with E-state index in [2.05, 4.69) is 10.3 Å². The van der Waals surface area contributed by atoms with Crippen molar-refractivity contribution in [3.63, 3.8) is 0 Å². The maximum Gasteiger partial charge on any atom is 0.322 e. The Morgan fingerprint density at radius 1 is 1.25 bits per heavy atom. The highest BCUT2D eigenvalue weighted by atomic mass is 19.1. The molecule has 1 heterocycles. The number of rotatable bonds is 6. The molecule has 2 aromatic rings. The van der Waals surface area contributed by atoms with Gasteiger partial charge < -0.3 is 15.1 Å². The van der Waals surface area contributed by atoms with Crippen molar-refractivity contribution < 1.29 is 9.18 Å². The minimum atomic E-state index is -0.433. The van der Waals surface area contributed by atoms with E-state index in [9.17, 15) is 9.18 Å². The smallest absolute Gasteiger partial charge is 0.319 e. The van der Waals surface area contributed by atoms with Gasteiger partial charge in [-0.05, 0) is 50.3 Å². The normalized spacial score (nSPS) is 10.7. The first kappa shape index (κ1) is 17.9. The van der Waals surface area contributed by atoms with Gasteiger partial charge in [0.25, 0.3) is 0 Å². The first-order chi connectivity index (χ1) is 11.5. The number of halogens is 1. The highest BCUT2D eigenvalue weighted by Crippen LogP contribution is 2.16. The number of carbonyl (C=O) groups is 1. The van der Waals surface area contributed by atoms with Crippen LogP contribution in [-0.2, 0) is 6.54 Å². The van der Waals surface area contributed by atoms with Crippen molar-refractivity contribution in [2.45, 2.75) is 13.5 Å². The Morgan fingerprint density at radius 2 is 2.04 bits per heavy atom. The number of likely N-dealkylation sites (N-methyl/N-ethyl adjacent to an activating group) is 1. The summed E-state index contributed by atoms with van der Waals surface area (Å²) in [7, 11) is 3.89. The summed E-state index contributed by atoms with van der Waals surface area (Å²) in [6, 6.07) is 8.16. The number of nitrogens with zero attached hydrogens (tertiary/aromatic N) is 3. The monoisotopic (exact) mass is 330 g/mol. The minimum absolute atomic E-state index is 0.187. The fourth-order valence-corrected chi connectivity index (χ4v) is 2.20. The van der Waals surface area contributed by atoms with E-state index in [-0.39, 0.29) is 11.7 Å². The van der Waals surface area contributed by atoms with Crippen molar-refractivity contribution in [3.05, 3.63) is 59.7 Å². The number of carbonyl (C=O) groups excluding carboxylic acids is 1. The quantitative estimate of drug-likeness (QED) is 0.885.